The molecule has 0 N–H and O–H groups in total. The highest BCUT2D eigenvalue weighted by Gasteiger charge is 2.45. The van der Waals surface area contributed by atoms with Gasteiger partial charge in [0.25, 0.3) is 0 Å². The number of quaternary nitrogens is 2. The Labute approximate surface area is 690 Å². The molecule has 110 heavy (non-hydrogen) atoms. The number of nitrogens with zero attached hydrogens (tertiary/aromatic N) is 3. The van der Waals surface area contributed by atoms with Crippen LogP contribution < -0.4 is 0 Å². The van der Waals surface area contributed by atoms with Crippen LogP contribution in [0.4, 0.5) is 0 Å². The van der Waals surface area contributed by atoms with E-state index in [1.807, 2.05) is 13.8 Å². The summed E-state index contributed by atoms with van der Waals surface area (Å²) in [7, 11) is 2.67. The molecule has 0 rings (SSSR count). The van der Waals surface area contributed by atoms with E-state index in [2.05, 4.69) is 109 Å². The van der Waals surface area contributed by atoms with E-state index in [-0.39, 0.29) is 18.3 Å². The molecule has 0 aromatic rings. The molecule has 0 saturated heterocycles. The molecule has 0 aliphatic carbocycles. The van der Waals surface area contributed by atoms with Crippen LogP contribution in [0.3, 0.4) is 0 Å². The fraction of sp³-hybridized carbons (Fsp3) is 1.00. The van der Waals surface area contributed by atoms with Crippen LogP contribution in [0.15, 0.2) is 0 Å². The molecule has 18 heteroatoms. The molecule has 0 spiro atoms. The van der Waals surface area contributed by atoms with Crippen molar-refractivity contribution in [2.24, 2.45) is 0 Å². The molecule has 0 radical (unpaired) electrons. The number of hydrogen-bond donors (Lipinski definition) is 0. The van der Waals surface area contributed by atoms with Crippen molar-refractivity contribution in [3.05, 3.63) is 0 Å². The van der Waals surface area contributed by atoms with Crippen LogP contribution in [0, 0.1) is 0 Å². The minimum atomic E-state index is -3.07. The number of unbranched alkanes of at least 4 members (excludes halogenated alkanes) is 45. The van der Waals surface area contributed by atoms with Gasteiger partial charge in [-0.15, -0.1) is 0 Å². The Morgan fingerprint density at radius 3 is 0.709 bits per heavy atom. The van der Waals surface area contributed by atoms with Gasteiger partial charge in [-0.2, -0.15) is 0 Å². The average Bonchev–Trinajstić information content (AvgIpc) is 0.866. The zero-order valence-electron chi connectivity index (χ0n) is 77.3. The summed E-state index contributed by atoms with van der Waals surface area (Å²) in [6, 6.07) is 2.30. The van der Waals surface area contributed by atoms with Crippen molar-refractivity contribution < 1.29 is 63.0 Å². The van der Waals surface area contributed by atoms with Gasteiger partial charge < -0.3 is 67.9 Å². The number of rotatable bonds is 92. The Hall–Kier alpha value is 0.0506. The molecule has 4 atom stereocenters. The van der Waals surface area contributed by atoms with E-state index in [4.69, 9.17) is 54.0 Å². The smallest absolute Gasteiger partial charge is 0.376 e. The van der Waals surface area contributed by atoms with Crippen LogP contribution in [0.25, 0.3) is 0 Å². The first-order valence-electron chi connectivity index (χ1n) is 48.3. The molecule has 0 aliphatic rings. The summed E-state index contributed by atoms with van der Waals surface area (Å²) in [6.07, 6.45) is 68.5. The van der Waals surface area contributed by atoms with Crippen LogP contribution in [0.1, 0.15) is 411 Å². The van der Waals surface area contributed by atoms with Crippen molar-refractivity contribution in [3.63, 3.8) is 0 Å². The van der Waals surface area contributed by atoms with Gasteiger partial charge in [-0.1, -0.05) is 297 Å². The molecule has 662 valence electrons. The lowest BCUT2D eigenvalue weighted by Gasteiger charge is -2.34. The molecule has 0 aliphatic heterocycles. The highest BCUT2D eigenvalue weighted by molar-refractivity contribution is 6.61. The fourth-order valence-electron chi connectivity index (χ4n) is 15.9. The third kappa shape index (κ3) is 67.9. The van der Waals surface area contributed by atoms with Gasteiger partial charge in [0, 0.05) is 70.6 Å². The topological polar surface area (TPSA) is 114 Å². The normalized spacial score (nSPS) is 13.9. The second-order valence-corrected chi connectivity index (χ2v) is 42.8. The SMILES string of the molecule is CCCCCCCCCCCCCCCCCCN(C)CCC[Si](OCC)(OCC)OC(C)COCC(COCC(C)O[Si](CCC[N+](C)(C)CCCCCCCCCCCCCCCCCC)(OCC)OCC)OCC(C)O[Si](CCC[N+](C)(C)CCCCCCCCCCCCCCCCCC)(OCC)OCC. The van der Waals surface area contributed by atoms with Crippen molar-refractivity contribution in [2.45, 2.75) is 453 Å². The minimum absolute atomic E-state index is 0.264. The molecule has 0 amide bonds. The highest BCUT2D eigenvalue weighted by Crippen LogP contribution is 2.27. The summed E-state index contributed by atoms with van der Waals surface area (Å²) in [5.41, 5.74) is 0. The maximum atomic E-state index is 6.98. The van der Waals surface area contributed by atoms with Crippen molar-refractivity contribution in [2.75, 3.05) is 147 Å². The van der Waals surface area contributed by atoms with Crippen LogP contribution in [-0.4, -0.2) is 212 Å². The molecule has 0 heterocycles. The first kappa shape index (κ1) is 110. The van der Waals surface area contributed by atoms with Crippen molar-refractivity contribution >= 4 is 26.4 Å². The standard InChI is InChI=1S/C92H197N3O12Si3/c1-18-27-30-33-36-39-42-45-48-51-54-57-60-63-66-69-75-93(13)76-72-81-108(99-21-4,100-22-5)105-89(10)84-96-87-92(98-86-91(12)107-110(103-25-8,104-26-9)83-74-80-95(16,17)78-71-68-65-62-59-56-53-50-47-44-41-38-35-32-29-20-3)88-97-85-90(11)106-109(101-23-6,102-24-7)82-73-79-94(14,15)77-70-67-64-61-58-55-52-49-46-43-40-37-34-31-28-19-2/h89-92H,18-88H2,1-17H3/q+2. The van der Waals surface area contributed by atoms with Gasteiger partial charge in [0.1, 0.15) is 6.10 Å². The molecular weight excluding hydrogens is 1420 g/mol. The van der Waals surface area contributed by atoms with Crippen molar-refractivity contribution in [3.8, 4) is 0 Å². The van der Waals surface area contributed by atoms with Gasteiger partial charge in [-0.3, -0.25) is 0 Å². The average molecular weight is 1620 g/mol. The van der Waals surface area contributed by atoms with E-state index in [0.29, 0.717) is 72.7 Å². The second-order valence-electron chi connectivity index (χ2n) is 34.8. The molecule has 15 nitrogen and oxygen atoms in total. The van der Waals surface area contributed by atoms with Crippen molar-refractivity contribution in [1.82, 2.24) is 4.90 Å². The zero-order chi connectivity index (χ0) is 81.1. The van der Waals surface area contributed by atoms with Crippen LogP contribution in [0.2, 0.25) is 18.1 Å². The lowest BCUT2D eigenvalue weighted by molar-refractivity contribution is -0.890. The van der Waals surface area contributed by atoms with Gasteiger partial charge in [0.05, 0.1) is 106 Å². The van der Waals surface area contributed by atoms with E-state index in [9.17, 15) is 0 Å². The molecule has 0 saturated carbocycles. The predicted molar refractivity (Wildman–Crippen MR) is 478 cm³/mol. The summed E-state index contributed by atoms with van der Waals surface area (Å²) >= 11 is 0. The summed E-state index contributed by atoms with van der Waals surface area (Å²) in [5.74, 6) is 0. The van der Waals surface area contributed by atoms with E-state index in [0.717, 1.165) is 72.5 Å². The van der Waals surface area contributed by atoms with Crippen LogP contribution >= 0.6 is 0 Å². The maximum absolute atomic E-state index is 6.98. The van der Waals surface area contributed by atoms with E-state index < -0.39 is 32.5 Å². The van der Waals surface area contributed by atoms with E-state index >= 15 is 0 Å². The first-order valence-corrected chi connectivity index (χ1v) is 54.1. The Balaban J connectivity index is 5.83. The van der Waals surface area contributed by atoms with Gasteiger partial charge in [-0.05, 0) is 121 Å². The molecule has 0 aromatic carbocycles. The molecule has 0 aromatic heterocycles. The molecule has 0 bridgehead atoms. The summed E-state index contributed by atoms with van der Waals surface area (Å²) in [4.78, 5) is 2.48. The maximum Gasteiger partial charge on any atom is 0.501 e. The Morgan fingerprint density at radius 1 is 0.245 bits per heavy atom. The second kappa shape index (κ2) is 77.6. The van der Waals surface area contributed by atoms with E-state index in [1.54, 1.807) is 0 Å². The summed E-state index contributed by atoms with van der Waals surface area (Å²) in [5, 5.41) is 0. The Kier molecular flexibility index (Phi) is 77.7. The Bertz CT molecular complexity index is 1850. The number of hydrogen-bond acceptors (Lipinski definition) is 13. The van der Waals surface area contributed by atoms with Crippen LogP contribution in [0.5, 0.6) is 0 Å². The summed E-state index contributed by atoms with van der Waals surface area (Å²) < 4.78 is 82.1. The largest absolute Gasteiger partial charge is 0.501 e. The molecule has 4 unspecified atom stereocenters. The van der Waals surface area contributed by atoms with Crippen molar-refractivity contribution in [1.29, 1.82) is 0 Å². The van der Waals surface area contributed by atoms with Gasteiger partial charge in [0.15, 0.2) is 0 Å². The van der Waals surface area contributed by atoms with Gasteiger partial charge >= 0.3 is 26.4 Å². The lowest BCUT2D eigenvalue weighted by Crippen LogP contribution is -2.50. The Morgan fingerprint density at radius 2 is 0.455 bits per heavy atom. The minimum Gasteiger partial charge on any atom is -0.376 e. The third-order valence-electron chi connectivity index (χ3n) is 22.3. The lowest BCUT2D eigenvalue weighted by atomic mass is 10.0. The van der Waals surface area contributed by atoms with Gasteiger partial charge in [-0.25, -0.2) is 0 Å². The zero-order valence-corrected chi connectivity index (χ0v) is 80.3. The first-order chi connectivity index (χ1) is 53.3. The highest BCUT2D eigenvalue weighted by atomic mass is 28.4. The summed E-state index contributed by atoms with van der Waals surface area (Å²) in [6.45, 7) is 36.9. The quantitative estimate of drug-likeness (QED) is 0.0327. The molecule has 0 fully saturated rings. The third-order valence-corrected chi connectivity index (χ3v) is 31.9. The molecular formula is C92H197N3O12Si3+2. The van der Waals surface area contributed by atoms with Crippen LogP contribution in [-0.2, 0) is 54.0 Å². The fourth-order valence-corrected chi connectivity index (χ4v) is 24.2. The predicted octanol–water partition coefficient (Wildman–Crippen LogP) is 25.7. The number of ether oxygens (including phenoxy) is 3. The monoisotopic (exact) mass is 1620 g/mol. The van der Waals surface area contributed by atoms with Gasteiger partial charge in [0.2, 0.25) is 0 Å². The van der Waals surface area contributed by atoms with E-state index in [1.165, 1.54) is 321 Å².